The van der Waals surface area contributed by atoms with E-state index in [0.717, 1.165) is 89.9 Å². The molecule has 0 spiro atoms. The molecule has 0 aromatic heterocycles. The lowest BCUT2D eigenvalue weighted by Crippen LogP contribution is -2.30. The topological polar surface area (TPSA) is 78.9 Å². The van der Waals surface area contributed by atoms with Crippen molar-refractivity contribution < 1.29 is 28.6 Å². The fourth-order valence-electron chi connectivity index (χ4n) is 8.11. The molecule has 0 amide bonds. The Morgan fingerprint density at radius 3 is 0.933 bits per heavy atom. The van der Waals surface area contributed by atoms with Crippen LogP contribution in [0.4, 0.5) is 0 Å². The second-order valence-corrected chi connectivity index (χ2v) is 19.8. The minimum atomic E-state index is -0.841. The van der Waals surface area contributed by atoms with Gasteiger partial charge in [-0.1, -0.05) is 264 Å². The van der Waals surface area contributed by atoms with Gasteiger partial charge >= 0.3 is 17.9 Å². The van der Waals surface area contributed by atoms with Crippen LogP contribution in [0.3, 0.4) is 0 Å². The number of carbonyl (C=O) groups excluding carboxylic acids is 3. The third-order valence-electron chi connectivity index (χ3n) is 12.6. The summed E-state index contributed by atoms with van der Waals surface area (Å²) < 4.78 is 16.7. The Labute approximate surface area is 462 Å². The Bertz CT molecular complexity index is 1620. The van der Waals surface area contributed by atoms with Crippen LogP contribution >= 0.6 is 0 Å². The van der Waals surface area contributed by atoms with Crippen molar-refractivity contribution >= 4 is 17.9 Å². The van der Waals surface area contributed by atoms with Crippen LogP contribution in [-0.4, -0.2) is 37.2 Å². The largest absolute Gasteiger partial charge is 0.462 e. The van der Waals surface area contributed by atoms with E-state index in [9.17, 15) is 14.4 Å². The fourth-order valence-corrected chi connectivity index (χ4v) is 8.11. The summed E-state index contributed by atoms with van der Waals surface area (Å²) in [5, 5.41) is 0. The molecule has 0 aromatic rings. The van der Waals surface area contributed by atoms with E-state index in [1.807, 2.05) is 12.2 Å². The molecule has 0 fully saturated rings. The van der Waals surface area contributed by atoms with Crippen molar-refractivity contribution in [2.75, 3.05) is 13.2 Å². The van der Waals surface area contributed by atoms with Crippen molar-refractivity contribution in [3.63, 3.8) is 0 Å². The quantitative estimate of drug-likeness (QED) is 0.0261. The normalized spacial score (nSPS) is 13.1. The molecule has 0 aromatic carbocycles. The molecule has 0 aliphatic carbocycles. The van der Waals surface area contributed by atoms with Gasteiger partial charge in [-0.25, -0.2) is 0 Å². The van der Waals surface area contributed by atoms with E-state index < -0.39 is 6.10 Å². The molecule has 0 saturated heterocycles. The minimum Gasteiger partial charge on any atom is -0.462 e. The highest BCUT2D eigenvalue weighted by atomic mass is 16.6. The Morgan fingerprint density at radius 1 is 0.280 bits per heavy atom. The van der Waals surface area contributed by atoms with Gasteiger partial charge in [-0.05, 0) is 116 Å². The average Bonchev–Trinajstić information content (AvgIpc) is 3.41. The molecule has 0 N–H and O–H groups in total. The van der Waals surface area contributed by atoms with Crippen LogP contribution < -0.4 is 0 Å². The van der Waals surface area contributed by atoms with Crippen molar-refractivity contribution in [1.29, 1.82) is 0 Å². The first-order chi connectivity index (χ1) is 37.0. The van der Waals surface area contributed by atoms with Gasteiger partial charge in [0.2, 0.25) is 0 Å². The summed E-state index contributed by atoms with van der Waals surface area (Å²) in [5.74, 6) is -1.07. The van der Waals surface area contributed by atoms with E-state index in [1.165, 1.54) is 122 Å². The summed E-state index contributed by atoms with van der Waals surface area (Å²) in [6.07, 6.45) is 87.7. The zero-order valence-electron chi connectivity index (χ0n) is 48.5. The van der Waals surface area contributed by atoms with Crippen LogP contribution in [0.5, 0.6) is 0 Å². The van der Waals surface area contributed by atoms with Gasteiger partial charge in [-0.2, -0.15) is 0 Å². The van der Waals surface area contributed by atoms with Crippen LogP contribution in [0.2, 0.25) is 0 Å². The van der Waals surface area contributed by atoms with Gasteiger partial charge in [-0.3, -0.25) is 14.4 Å². The molecule has 75 heavy (non-hydrogen) atoms. The van der Waals surface area contributed by atoms with Crippen molar-refractivity contribution in [2.24, 2.45) is 0 Å². The Kier molecular flexibility index (Phi) is 58.4. The molecule has 0 aliphatic rings. The van der Waals surface area contributed by atoms with Gasteiger partial charge < -0.3 is 14.2 Å². The Balaban J connectivity index is 4.38. The molecule has 6 nitrogen and oxygen atoms in total. The molecular weight excluding hydrogens is 925 g/mol. The zero-order chi connectivity index (χ0) is 54.3. The molecular formula is C69H112O6. The van der Waals surface area contributed by atoms with Gasteiger partial charge in [0.15, 0.2) is 6.10 Å². The van der Waals surface area contributed by atoms with E-state index in [0.29, 0.717) is 19.3 Å². The lowest BCUT2D eigenvalue weighted by Gasteiger charge is -2.18. The second kappa shape index (κ2) is 62.1. The van der Waals surface area contributed by atoms with Crippen LogP contribution in [-0.2, 0) is 28.6 Å². The predicted molar refractivity (Wildman–Crippen MR) is 325 cm³/mol. The number of carbonyl (C=O) groups is 3. The highest BCUT2D eigenvalue weighted by Gasteiger charge is 2.19. The summed E-state index contributed by atoms with van der Waals surface area (Å²) in [7, 11) is 0. The van der Waals surface area contributed by atoms with E-state index >= 15 is 0 Å². The van der Waals surface area contributed by atoms with Crippen LogP contribution in [0.15, 0.2) is 134 Å². The molecule has 0 heterocycles. The summed E-state index contributed by atoms with van der Waals surface area (Å²) >= 11 is 0. The number of hydrogen-bond acceptors (Lipinski definition) is 6. The maximum absolute atomic E-state index is 12.8. The first-order valence-electron chi connectivity index (χ1n) is 30.7. The molecule has 0 radical (unpaired) electrons. The van der Waals surface area contributed by atoms with E-state index in [1.54, 1.807) is 0 Å². The van der Waals surface area contributed by atoms with E-state index in [-0.39, 0.29) is 44.0 Å². The summed E-state index contributed by atoms with van der Waals surface area (Å²) in [5.41, 5.74) is 0. The zero-order valence-corrected chi connectivity index (χ0v) is 48.5. The number of allylic oxidation sites excluding steroid dienone is 22. The first-order valence-corrected chi connectivity index (χ1v) is 30.7. The summed E-state index contributed by atoms with van der Waals surface area (Å²) in [4.78, 5) is 38.1. The van der Waals surface area contributed by atoms with Crippen molar-refractivity contribution in [3.8, 4) is 0 Å². The molecule has 0 rings (SSSR count). The Hall–Kier alpha value is -4.45. The molecule has 1 unspecified atom stereocenters. The summed E-state index contributed by atoms with van der Waals surface area (Å²) in [6.45, 7) is 6.29. The van der Waals surface area contributed by atoms with Crippen LogP contribution in [0.25, 0.3) is 0 Å². The van der Waals surface area contributed by atoms with Gasteiger partial charge in [0.25, 0.3) is 0 Å². The average molecular weight is 1040 g/mol. The SMILES string of the molecule is CC/C=C\C/C=C\C/C=C\C/C=C\C/C=C\CCCC(=O)OC(COC(=O)CC/C=C\C/C=C\C/C=C\C/C=C\CC)COC(=O)CCCCCCCCCCCCCCCCC/C=C\C/C=C\CCCCCCC. The maximum Gasteiger partial charge on any atom is 0.306 e. The molecule has 424 valence electrons. The second-order valence-electron chi connectivity index (χ2n) is 19.8. The van der Waals surface area contributed by atoms with Gasteiger partial charge in [0, 0.05) is 19.3 Å². The van der Waals surface area contributed by atoms with Crippen molar-refractivity contribution in [1.82, 2.24) is 0 Å². The highest BCUT2D eigenvalue weighted by molar-refractivity contribution is 5.71. The van der Waals surface area contributed by atoms with Gasteiger partial charge in [0.05, 0.1) is 0 Å². The predicted octanol–water partition coefficient (Wildman–Crippen LogP) is 21.0. The molecule has 6 heteroatoms. The van der Waals surface area contributed by atoms with Crippen molar-refractivity contribution in [2.45, 2.75) is 271 Å². The molecule has 0 bridgehead atoms. The van der Waals surface area contributed by atoms with E-state index in [4.69, 9.17) is 14.2 Å². The lowest BCUT2D eigenvalue weighted by atomic mass is 10.0. The van der Waals surface area contributed by atoms with Crippen LogP contribution in [0, 0.1) is 0 Å². The number of rotatable bonds is 54. The number of unbranched alkanes of at least 4 members (excludes halogenated alkanes) is 21. The lowest BCUT2D eigenvalue weighted by molar-refractivity contribution is -0.166. The minimum absolute atomic E-state index is 0.126. The fraction of sp³-hybridized carbons (Fsp3) is 0.638. The van der Waals surface area contributed by atoms with E-state index in [2.05, 4.69) is 142 Å². The van der Waals surface area contributed by atoms with Gasteiger partial charge in [-0.15, -0.1) is 0 Å². The molecule has 0 aliphatic heterocycles. The van der Waals surface area contributed by atoms with Gasteiger partial charge in [0.1, 0.15) is 13.2 Å². The molecule has 0 saturated carbocycles. The van der Waals surface area contributed by atoms with Crippen molar-refractivity contribution in [3.05, 3.63) is 134 Å². The number of esters is 3. The number of hydrogen-bond donors (Lipinski definition) is 0. The third kappa shape index (κ3) is 60.3. The monoisotopic (exact) mass is 1040 g/mol. The Morgan fingerprint density at radius 2 is 0.560 bits per heavy atom. The standard InChI is InChI=1S/C69H112O6/c1-4-7-10-13-16-19-22-25-27-29-30-31-32-33-34-35-36-37-38-40-41-44-47-50-53-56-59-62-68(71)74-65-66(64-73-67(70)61-58-55-52-49-46-43-24-21-18-15-12-9-6-3)75-69(72)63-60-57-54-51-48-45-42-39-28-26-23-20-17-14-11-8-5-2/h8-9,11-12,17-18,20-22,25-26,28-30,42-43,45-46,51-52,54-55,66H,4-7,10,13-16,19,23-24,27,31-41,44,47-50,53,56-65H2,1-3H3/b11-8-,12-9-,20-17-,21-18-,25-22-,28-26-,30-29-,45-42-,46-43-,54-51-,55-52-. The number of ether oxygens (including phenoxy) is 3. The molecule has 1 atom stereocenters. The summed E-state index contributed by atoms with van der Waals surface area (Å²) in [6, 6.07) is 0. The highest BCUT2D eigenvalue weighted by Crippen LogP contribution is 2.15. The van der Waals surface area contributed by atoms with Crippen LogP contribution in [0.1, 0.15) is 265 Å². The third-order valence-corrected chi connectivity index (χ3v) is 12.6. The maximum atomic E-state index is 12.8. The first kappa shape index (κ1) is 70.5. The smallest absolute Gasteiger partial charge is 0.306 e.